The molecule has 1 unspecified atom stereocenters. The molecule has 2 aliphatic rings. The normalized spacial score (nSPS) is 33.9. The highest BCUT2D eigenvalue weighted by molar-refractivity contribution is 5.97. The van der Waals surface area contributed by atoms with E-state index in [4.69, 9.17) is 0 Å². The first kappa shape index (κ1) is 13.8. The molecule has 0 aromatic carbocycles. The SMILES string of the molecule is CC1=C(C)C(C)(C2CCCCC2)C(C)(C)CC1=O. The summed E-state index contributed by atoms with van der Waals surface area (Å²) in [5.74, 6) is 1.13. The van der Waals surface area contributed by atoms with Crippen LogP contribution in [0.25, 0.3) is 0 Å². The molecule has 1 fully saturated rings. The third kappa shape index (κ3) is 1.87. The predicted octanol–water partition coefficient (Wildman–Crippen LogP) is 4.91. The van der Waals surface area contributed by atoms with Crippen LogP contribution in [0, 0.1) is 16.7 Å². The summed E-state index contributed by atoms with van der Waals surface area (Å²) in [5.41, 5.74) is 2.74. The number of allylic oxidation sites excluding steroid dienone is 2. The van der Waals surface area contributed by atoms with Gasteiger partial charge in [-0.1, -0.05) is 45.6 Å². The maximum atomic E-state index is 12.1. The van der Waals surface area contributed by atoms with E-state index in [1.807, 2.05) is 6.92 Å². The Morgan fingerprint density at radius 3 is 2.11 bits per heavy atom. The van der Waals surface area contributed by atoms with E-state index in [0.29, 0.717) is 5.78 Å². The van der Waals surface area contributed by atoms with Crippen LogP contribution in [0.1, 0.15) is 73.1 Å². The number of carbonyl (C=O) groups is 1. The van der Waals surface area contributed by atoms with Gasteiger partial charge in [0.1, 0.15) is 0 Å². The number of rotatable bonds is 1. The summed E-state index contributed by atoms with van der Waals surface area (Å²) in [6.07, 6.45) is 7.56. The third-order valence-corrected chi connectivity index (χ3v) is 6.19. The van der Waals surface area contributed by atoms with Gasteiger partial charge in [-0.25, -0.2) is 0 Å². The van der Waals surface area contributed by atoms with Gasteiger partial charge in [0.15, 0.2) is 5.78 Å². The molecule has 0 N–H and O–H groups in total. The van der Waals surface area contributed by atoms with Gasteiger partial charge in [-0.05, 0) is 49.0 Å². The molecule has 18 heavy (non-hydrogen) atoms. The molecule has 2 rings (SSSR count). The van der Waals surface area contributed by atoms with Crippen molar-refractivity contribution >= 4 is 5.78 Å². The van der Waals surface area contributed by atoms with Crippen LogP contribution in [0.15, 0.2) is 11.1 Å². The number of hydrogen-bond donors (Lipinski definition) is 0. The first-order valence-corrected chi connectivity index (χ1v) is 7.52. The fourth-order valence-corrected chi connectivity index (χ4v) is 4.36. The highest BCUT2D eigenvalue weighted by Crippen LogP contribution is 2.58. The monoisotopic (exact) mass is 248 g/mol. The summed E-state index contributed by atoms with van der Waals surface area (Å²) in [6.45, 7) is 11.3. The van der Waals surface area contributed by atoms with Crippen LogP contribution in [0.2, 0.25) is 0 Å². The van der Waals surface area contributed by atoms with E-state index >= 15 is 0 Å². The molecule has 0 radical (unpaired) electrons. The topological polar surface area (TPSA) is 17.1 Å². The smallest absolute Gasteiger partial charge is 0.159 e. The minimum Gasteiger partial charge on any atom is -0.295 e. The van der Waals surface area contributed by atoms with Gasteiger partial charge in [0.2, 0.25) is 0 Å². The fraction of sp³-hybridized carbons (Fsp3) is 0.824. The van der Waals surface area contributed by atoms with E-state index in [1.54, 1.807) is 0 Å². The summed E-state index contributed by atoms with van der Waals surface area (Å²) < 4.78 is 0. The fourth-order valence-electron chi connectivity index (χ4n) is 4.36. The van der Waals surface area contributed by atoms with Gasteiger partial charge in [-0.2, -0.15) is 0 Å². The molecule has 2 aliphatic carbocycles. The van der Waals surface area contributed by atoms with Crippen LogP contribution in [0.4, 0.5) is 0 Å². The van der Waals surface area contributed by atoms with Gasteiger partial charge in [0.25, 0.3) is 0 Å². The molecule has 1 heteroatoms. The quantitative estimate of drug-likeness (QED) is 0.644. The van der Waals surface area contributed by atoms with Crippen molar-refractivity contribution in [2.45, 2.75) is 73.1 Å². The lowest BCUT2D eigenvalue weighted by Gasteiger charge is -2.54. The average molecular weight is 248 g/mol. The van der Waals surface area contributed by atoms with Gasteiger partial charge < -0.3 is 0 Å². The maximum absolute atomic E-state index is 12.1. The number of hydrogen-bond acceptors (Lipinski definition) is 1. The number of Topliss-reactive ketones (excluding diaryl/α,β-unsaturated/α-hetero) is 1. The molecule has 0 amide bonds. The molecule has 1 atom stereocenters. The van der Waals surface area contributed by atoms with Gasteiger partial charge in [-0.15, -0.1) is 0 Å². The predicted molar refractivity (Wildman–Crippen MR) is 76.5 cm³/mol. The molecule has 0 bridgehead atoms. The Morgan fingerprint density at radius 1 is 1.00 bits per heavy atom. The highest BCUT2D eigenvalue weighted by atomic mass is 16.1. The van der Waals surface area contributed by atoms with E-state index < -0.39 is 0 Å². The van der Waals surface area contributed by atoms with Crippen LogP contribution < -0.4 is 0 Å². The highest BCUT2D eigenvalue weighted by Gasteiger charge is 2.51. The first-order chi connectivity index (χ1) is 8.30. The second kappa shape index (κ2) is 4.51. The van der Waals surface area contributed by atoms with Crippen LogP contribution in [0.3, 0.4) is 0 Å². The molecular weight excluding hydrogens is 220 g/mol. The molecular formula is C17H28O. The molecule has 1 saturated carbocycles. The summed E-state index contributed by atoms with van der Waals surface area (Å²) in [7, 11) is 0. The second-order valence-corrected chi connectivity index (χ2v) is 7.27. The molecule has 0 aromatic heterocycles. The van der Waals surface area contributed by atoms with Crippen molar-refractivity contribution in [3.8, 4) is 0 Å². The summed E-state index contributed by atoms with van der Waals surface area (Å²) in [4.78, 5) is 12.1. The molecule has 0 heterocycles. The van der Waals surface area contributed by atoms with E-state index in [1.165, 1.54) is 37.7 Å². The minimum atomic E-state index is 0.107. The molecule has 0 aliphatic heterocycles. The van der Waals surface area contributed by atoms with E-state index in [9.17, 15) is 4.79 Å². The lowest BCUT2D eigenvalue weighted by atomic mass is 9.49. The van der Waals surface area contributed by atoms with Crippen LogP contribution in [0.5, 0.6) is 0 Å². The molecule has 1 nitrogen and oxygen atoms in total. The lowest BCUT2D eigenvalue weighted by Crippen LogP contribution is -2.48. The van der Waals surface area contributed by atoms with Crippen LogP contribution in [-0.4, -0.2) is 5.78 Å². The standard InChI is InChI=1S/C17H28O/c1-12-13(2)17(5,14-9-7-6-8-10-14)16(3,4)11-15(12)18/h14H,6-11H2,1-5H3. The Labute approximate surface area is 112 Å². The average Bonchev–Trinajstić information content (AvgIpc) is 2.34. The van der Waals surface area contributed by atoms with Crippen LogP contribution >= 0.6 is 0 Å². The maximum Gasteiger partial charge on any atom is 0.159 e. The molecule has 0 saturated heterocycles. The Morgan fingerprint density at radius 2 is 1.56 bits per heavy atom. The Kier molecular flexibility index (Phi) is 3.46. The second-order valence-electron chi connectivity index (χ2n) is 7.27. The Hall–Kier alpha value is -0.590. The van der Waals surface area contributed by atoms with Crippen molar-refractivity contribution in [2.24, 2.45) is 16.7 Å². The van der Waals surface area contributed by atoms with Gasteiger partial charge in [-0.3, -0.25) is 4.79 Å². The van der Waals surface area contributed by atoms with Crippen LogP contribution in [-0.2, 0) is 4.79 Å². The zero-order chi connectivity index (χ0) is 13.6. The van der Waals surface area contributed by atoms with Crippen molar-refractivity contribution in [3.05, 3.63) is 11.1 Å². The summed E-state index contributed by atoms with van der Waals surface area (Å²) >= 11 is 0. The van der Waals surface area contributed by atoms with Crippen molar-refractivity contribution < 1.29 is 4.79 Å². The summed E-state index contributed by atoms with van der Waals surface area (Å²) in [6, 6.07) is 0. The zero-order valence-electron chi connectivity index (χ0n) is 12.7. The largest absolute Gasteiger partial charge is 0.295 e. The third-order valence-electron chi connectivity index (χ3n) is 6.19. The first-order valence-electron chi connectivity index (χ1n) is 7.52. The summed E-state index contributed by atoms with van der Waals surface area (Å²) in [5, 5.41) is 0. The number of ketones is 1. The Bertz CT molecular complexity index is 382. The van der Waals surface area contributed by atoms with E-state index in [0.717, 1.165) is 17.9 Å². The van der Waals surface area contributed by atoms with Crippen molar-refractivity contribution in [3.63, 3.8) is 0 Å². The van der Waals surface area contributed by atoms with Crippen molar-refractivity contribution in [2.75, 3.05) is 0 Å². The minimum absolute atomic E-state index is 0.107. The van der Waals surface area contributed by atoms with Gasteiger partial charge in [0.05, 0.1) is 0 Å². The zero-order valence-corrected chi connectivity index (χ0v) is 12.7. The molecule has 0 spiro atoms. The lowest BCUT2D eigenvalue weighted by molar-refractivity contribution is -0.122. The van der Waals surface area contributed by atoms with E-state index in [2.05, 4.69) is 27.7 Å². The van der Waals surface area contributed by atoms with Crippen molar-refractivity contribution in [1.29, 1.82) is 0 Å². The molecule has 102 valence electrons. The molecule has 0 aromatic rings. The Balaban J connectivity index is 2.46. The number of carbonyl (C=O) groups excluding carboxylic acids is 1. The van der Waals surface area contributed by atoms with Crippen molar-refractivity contribution in [1.82, 2.24) is 0 Å². The van der Waals surface area contributed by atoms with E-state index in [-0.39, 0.29) is 10.8 Å². The van der Waals surface area contributed by atoms with Gasteiger partial charge >= 0.3 is 0 Å². The van der Waals surface area contributed by atoms with Gasteiger partial charge in [0, 0.05) is 6.42 Å².